The lowest BCUT2D eigenvalue weighted by atomic mass is 10.1. The highest BCUT2D eigenvalue weighted by Crippen LogP contribution is 2.14. The number of quaternary nitrogens is 1. The number of aliphatic carboxylic acids is 1. The van der Waals surface area contributed by atoms with E-state index in [1.54, 1.807) is 0 Å². The van der Waals surface area contributed by atoms with Crippen molar-refractivity contribution in [1.29, 1.82) is 0 Å². The minimum atomic E-state index is -1.44. The van der Waals surface area contributed by atoms with Crippen molar-refractivity contribution >= 4 is 11.9 Å². The first-order valence-corrected chi connectivity index (χ1v) is 13.2. The van der Waals surface area contributed by atoms with Gasteiger partial charge in [-0.1, -0.05) is 70.4 Å². The van der Waals surface area contributed by atoms with Gasteiger partial charge in [0.15, 0.2) is 0 Å². The Balaban J connectivity index is 0. The van der Waals surface area contributed by atoms with E-state index in [0.717, 1.165) is 39.4 Å². The van der Waals surface area contributed by atoms with Crippen molar-refractivity contribution in [3.63, 3.8) is 0 Å². The highest BCUT2D eigenvalue weighted by molar-refractivity contribution is 5.69. The molecular formula is C27H53NO4. The maximum Gasteiger partial charge on any atom is 0.313 e. The molecule has 1 atom stereocenters. The Bertz CT molecular complexity index is 462. The zero-order valence-electron chi connectivity index (χ0n) is 21.9. The Kier molecular flexibility index (Phi) is 23.7. The van der Waals surface area contributed by atoms with Gasteiger partial charge < -0.3 is 15.0 Å². The molecule has 0 bridgehead atoms. The number of hydrogen-bond donors (Lipinski definition) is 1. The first-order chi connectivity index (χ1) is 15.3. The Hall–Kier alpha value is -1.20. The van der Waals surface area contributed by atoms with Gasteiger partial charge >= 0.3 is 5.91 Å². The van der Waals surface area contributed by atoms with Crippen LogP contribution in [0, 0.1) is 0 Å². The standard InChI is InChI=1S/C24H48NO.C3H6O3/c1-5-9-10-11-12-13-14-15-16-17-18-19-20-21-22-23-24(26)25(6-2,7-3)8-4;1-2(4)3(5)6/h15-16H,5-14,17-23H2,1-4H3;2,4H,1H3,(H,5,6)/q+1;/p-1. The van der Waals surface area contributed by atoms with Crippen molar-refractivity contribution in [1.82, 2.24) is 0 Å². The number of nitrogens with zero attached hydrogens (tertiary/aromatic N) is 1. The van der Waals surface area contributed by atoms with Crippen LogP contribution in [0.2, 0.25) is 0 Å². The quantitative estimate of drug-likeness (QED) is 0.157. The summed E-state index contributed by atoms with van der Waals surface area (Å²) in [7, 11) is 0. The van der Waals surface area contributed by atoms with Gasteiger partial charge in [0.2, 0.25) is 0 Å². The lowest BCUT2D eigenvalue weighted by Gasteiger charge is -2.32. The van der Waals surface area contributed by atoms with Crippen molar-refractivity contribution in [3.8, 4) is 0 Å². The van der Waals surface area contributed by atoms with E-state index in [4.69, 9.17) is 5.11 Å². The largest absolute Gasteiger partial charge is 0.547 e. The van der Waals surface area contributed by atoms with Crippen LogP contribution in [-0.4, -0.2) is 47.2 Å². The van der Waals surface area contributed by atoms with E-state index in [0.29, 0.717) is 10.4 Å². The van der Waals surface area contributed by atoms with Crippen LogP contribution in [0.3, 0.4) is 0 Å². The minimum Gasteiger partial charge on any atom is -0.547 e. The van der Waals surface area contributed by atoms with Gasteiger partial charge in [0.05, 0.1) is 38.1 Å². The topological polar surface area (TPSA) is 77.4 Å². The summed E-state index contributed by atoms with van der Waals surface area (Å²) in [5, 5.41) is 17.3. The third kappa shape index (κ3) is 18.4. The number of aliphatic hydroxyl groups excluding tert-OH is 1. The maximum atomic E-state index is 12.5. The molecule has 0 spiro atoms. The summed E-state index contributed by atoms with van der Waals surface area (Å²) >= 11 is 0. The van der Waals surface area contributed by atoms with Crippen LogP contribution < -0.4 is 5.11 Å². The lowest BCUT2D eigenvalue weighted by Crippen LogP contribution is -2.52. The van der Waals surface area contributed by atoms with Gasteiger partial charge in [0, 0.05) is 0 Å². The second-order valence-electron chi connectivity index (χ2n) is 8.82. The Labute approximate surface area is 198 Å². The number of unbranched alkanes of at least 4 members (excludes halogenated alkanes) is 11. The molecule has 0 aromatic heterocycles. The highest BCUT2D eigenvalue weighted by atomic mass is 16.4. The summed E-state index contributed by atoms with van der Waals surface area (Å²) in [6.45, 7) is 12.7. The zero-order chi connectivity index (χ0) is 24.7. The molecule has 32 heavy (non-hydrogen) atoms. The van der Waals surface area contributed by atoms with Gasteiger partial charge in [0.25, 0.3) is 0 Å². The van der Waals surface area contributed by atoms with Crippen LogP contribution in [0.15, 0.2) is 12.2 Å². The number of carboxylic acid groups (broad SMARTS) is 1. The van der Waals surface area contributed by atoms with Gasteiger partial charge in [-0.15, -0.1) is 0 Å². The summed E-state index contributed by atoms with van der Waals surface area (Å²) in [5.74, 6) is -0.981. The average Bonchev–Trinajstić information content (AvgIpc) is 2.78. The smallest absolute Gasteiger partial charge is 0.313 e. The molecule has 190 valence electrons. The first kappa shape index (κ1) is 33.0. The number of carbonyl (C=O) groups is 2. The molecule has 0 aliphatic carbocycles. The molecule has 0 aromatic carbocycles. The average molecular weight is 456 g/mol. The third-order valence-electron chi connectivity index (χ3n) is 6.34. The second kappa shape index (κ2) is 23.0. The van der Waals surface area contributed by atoms with Gasteiger partial charge in [-0.25, -0.2) is 4.79 Å². The molecule has 0 saturated heterocycles. The summed E-state index contributed by atoms with van der Waals surface area (Å²) in [6.07, 6.45) is 21.2. The van der Waals surface area contributed by atoms with E-state index in [1.807, 2.05) is 0 Å². The molecule has 1 amide bonds. The molecule has 0 aliphatic rings. The number of carboxylic acids is 1. The van der Waals surface area contributed by atoms with E-state index in [9.17, 15) is 14.7 Å². The van der Waals surface area contributed by atoms with Gasteiger partial charge in [-0.05, 0) is 59.8 Å². The normalized spacial score (nSPS) is 12.4. The molecule has 0 heterocycles. The molecular weight excluding hydrogens is 402 g/mol. The fourth-order valence-electron chi connectivity index (χ4n) is 3.78. The summed E-state index contributed by atoms with van der Waals surface area (Å²) in [5.41, 5.74) is 0. The van der Waals surface area contributed by atoms with Crippen LogP contribution in [0.4, 0.5) is 0 Å². The molecule has 1 N–H and O–H groups in total. The predicted octanol–water partition coefficient (Wildman–Crippen LogP) is 5.54. The summed E-state index contributed by atoms with van der Waals surface area (Å²) in [6, 6.07) is 0. The van der Waals surface area contributed by atoms with E-state index >= 15 is 0 Å². The first-order valence-electron chi connectivity index (χ1n) is 13.2. The maximum absolute atomic E-state index is 12.5. The Morgan fingerprint density at radius 1 is 0.750 bits per heavy atom. The monoisotopic (exact) mass is 455 g/mol. The van der Waals surface area contributed by atoms with E-state index in [1.165, 1.54) is 77.0 Å². The van der Waals surface area contributed by atoms with Gasteiger partial charge in [-0.2, -0.15) is 0 Å². The lowest BCUT2D eigenvalue weighted by molar-refractivity contribution is -0.849. The zero-order valence-corrected chi connectivity index (χ0v) is 21.9. The molecule has 5 nitrogen and oxygen atoms in total. The number of hydrogen-bond acceptors (Lipinski definition) is 4. The minimum absolute atomic E-state index is 0.454. The number of allylic oxidation sites excluding steroid dienone is 2. The van der Waals surface area contributed by atoms with E-state index in [-0.39, 0.29) is 0 Å². The molecule has 5 heteroatoms. The van der Waals surface area contributed by atoms with Crippen LogP contribution in [0.1, 0.15) is 125 Å². The van der Waals surface area contributed by atoms with Gasteiger partial charge in [-0.3, -0.25) is 4.48 Å². The highest BCUT2D eigenvalue weighted by Gasteiger charge is 2.29. The third-order valence-corrected chi connectivity index (χ3v) is 6.34. The summed E-state index contributed by atoms with van der Waals surface area (Å²) < 4.78 is 0.670. The molecule has 0 rings (SSSR count). The number of amides is 1. The molecule has 0 aliphatic heterocycles. The van der Waals surface area contributed by atoms with Crippen molar-refractivity contribution in [3.05, 3.63) is 12.2 Å². The second-order valence-corrected chi connectivity index (χ2v) is 8.82. The SMILES string of the molecule is CC(O)C(=O)[O-].CCCCCCCCC=CCCCCCCCC(=O)[N+](CC)(CC)CC. The number of aliphatic hydroxyl groups is 1. The van der Waals surface area contributed by atoms with Crippen LogP contribution in [0.25, 0.3) is 0 Å². The predicted molar refractivity (Wildman–Crippen MR) is 133 cm³/mol. The Morgan fingerprint density at radius 2 is 1.12 bits per heavy atom. The number of rotatable bonds is 19. The van der Waals surface area contributed by atoms with Gasteiger partial charge in [0.1, 0.15) is 0 Å². The molecule has 0 saturated carbocycles. The fourth-order valence-corrected chi connectivity index (χ4v) is 3.78. The van der Waals surface area contributed by atoms with Crippen molar-refractivity contribution in [2.75, 3.05) is 19.6 Å². The van der Waals surface area contributed by atoms with Crippen molar-refractivity contribution in [2.24, 2.45) is 0 Å². The molecule has 0 fully saturated rings. The molecule has 0 radical (unpaired) electrons. The van der Waals surface area contributed by atoms with Crippen LogP contribution in [0.5, 0.6) is 0 Å². The van der Waals surface area contributed by atoms with E-state index < -0.39 is 12.1 Å². The van der Waals surface area contributed by atoms with Crippen LogP contribution >= 0.6 is 0 Å². The number of carbonyl (C=O) groups excluding carboxylic acids is 2. The van der Waals surface area contributed by atoms with Crippen molar-refractivity contribution in [2.45, 2.75) is 131 Å². The summed E-state index contributed by atoms with van der Waals surface area (Å²) in [4.78, 5) is 21.8. The Morgan fingerprint density at radius 3 is 1.50 bits per heavy atom. The van der Waals surface area contributed by atoms with Crippen molar-refractivity contribution < 1.29 is 24.3 Å². The molecule has 1 unspecified atom stereocenters. The van der Waals surface area contributed by atoms with Crippen LogP contribution in [-0.2, 0) is 9.59 Å². The molecule has 0 aromatic rings. The fraction of sp³-hybridized carbons (Fsp3) is 0.852. The van der Waals surface area contributed by atoms with E-state index in [2.05, 4.69) is 39.8 Å².